The molecule has 0 aromatic heterocycles. The minimum Gasteiger partial charge on any atom is -0.300 e. The molecule has 27 heavy (non-hydrogen) atoms. The molecule has 4 rings (SSSR count). The predicted molar refractivity (Wildman–Crippen MR) is 102 cm³/mol. The van der Waals surface area contributed by atoms with Crippen LogP contribution in [0.2, 0.25) is 0 Å². The van der Waals surface area contributed by atoms with Crippen molar-refractivity contribution in [1.29, 1.82) is 0 Å². The zero-order valence-corrected chi connectivity index (χ0v) is 15.8. The fraction of sp³-hybridized carbons (Fsp3) is 0.333. The summed E-state index contributed by atoms with van der Waals surface area (Å²) < 4.78 is 28.7. The van der Waals surface area contributed by atoms with Crippen molar-refractivity contribution in [3.63, 3.8) is 0 Å². The molecule has 1 amide bonds. The quantitative estimate of drug-likeness (QED) is 0.883. The second-order valence-corrected chi connectivity index (χ2v) is 9.20. The van der Waals surface area contributed by atoms with Gasteiger partial charge in [0, 0.05) is 18.8 Å². The lowest BCUT2D eigenvalue weighted by Crippen LogP contribution is -2.42. The minimum atomic E-state index is -3.96. The largest absolute Gasteiger partial charge is 0.300 e. The number of sulfonamides is 1. The van der Waals surface area contributed by atoms with E-state index in [1.165, 1.54) is 0 Å². The highest BCUT2D eigenvalue weighted by Gasteiger charge is 2.40. The number of benzene rings is 2. The Morgan fingerprint density at radius 1 is 1.00 bits per heavy atom. The molecule has 0 aliphatic heterocycles. The van der Waals surface area contributed by atoms with E-state index in [2.05, 4.69) is 4.72 Å². The highest BCUT2D eigenvalue weighted by atomic mass is 32.2. The molecule has 0 spiro atoms. The first-order valence-electron chi connectivity index (χ1n) is 9.14. The zero-order chi connectivity index (χ0) is 19.2. The molecule has 5 nitrogen and oxygen atoms in total. The Morgan fingerprint density at radius 2 is 1.56 bits per heavy atom. The first-order valence-corrected chi connectivity index (χ1v) is 10.7. The summed E-state index contributed by atoms with van der Waals surface area (Å²) in [4.78, 5) is 24.3. The molecule has 140 valence electrons. The molecule has 0 radical (unpaired) electrons. The summed E-state index contributed by atoms with van der Waals surface area (Å²) in [5.74, 6) is -0.973. The van der Waals surface area contributed by atoms with Crippen molar-refractivity contribution < 1.29 is 18.0 Å². The summed E-state index contributed by atoms with van der Waals surface area (Å²) in [6.07, 6.45) is 1.06. The Morgan fingerprint density at radius 3 is 2.11 bits per heavy atom. The van der Waals surface area contributed by atoms with E-state index < -0.39 is 27.1 Å². The van der Waals surface area contributed by atoms with Crippen molar-refractivity contribution in [1.82, 2.24) is 4.72 Å². The summed E-state index contributed by atoms with van der Waals surface area (Å²) in [7, 11) is -3.96. The number of ketones is 1. The van der Waals surface area contributed by atoms with Gasteiger partial charge in [0.25, 0.3) is 0 Å². The number of rotatable bonds is 3. The number of carbonyl (C=O) groups excluding carboxylic acids is 2. The summed E-state index contributed by atoms with van der Waals surface area (Å²) >= 11 is 0. The molecule has 6 heteroatoms. The van der Waals surface area contributed by atoms with E-state index in [1.54, 1.807) is 12.1 Å². The topological polar surface area (TPSA) is 80.3 Å². The third kappa shape index (κ3) is 3.08. The van der Waals surface area contributed by atoms with Crippen LogP contribution in [0.4, 0.5) is 0 Å². The van der Waals surface area contributed by atoms with Gasteiger partial charge < -0.3 is 0 Å². The van der Waals surface area contributed by atoms with Crippen LogP contribution in [0.3, 0.4) is 0 Å². The minimum absolute atomic E-state index is 0.132. The van der Waals surface area contributed by atoms with Crippen LogP contribution in [0.5, 0.6) is 0 Å². The average molecular weight is 383 g/mol. The maximum atomic E-state index is 13.2. The second-order valence-electron chi connectivity index (χ2n) is 7.43. The summed E-state index contributed by atoms with van der Waals surface area (Å²) in [5, 5.41) is -0.908. The Hall–Kier alpha value is -2.47. The van der Waals surface area contributed by atoms with E-state index in [-0.39, 0.29) is 11.7 Å². The molecule has 1 fully saturated rings. The number of hydrogen-bond acceptors (Lipinski definition) is 4. The fourth-order valence-electron chi connectivity index (χ4n) is 4.31. The van der Waals surface area contributed by atoms with Gasteiger partial charge in [-0.05, 0) is 34.6 Å². The first kappa shape index (κ1) is 17.9. The van der Waals surface area contributed by atoms with Gasteiger partial charge in [0.2, 0.25) is 15.9 Å². The number of Topliss-reactive ketones (excluding diaryl/α,β-unsaturated/α-hetero) is 1. The first-order chi connectivity index (χ1) is 12.9. The number of nitrogens with one attached hydrogen (secondary N) is 1. The summed E-state index contributed by atoms with van der Waals surface area (Å²) in [5.41, 5.74) is 3.14. The van der Waals surface area contributed by atoms with Gasteiger partial charge in [0.05, 0.1) is 0 Å². The number of hydrogen-bond donors (Lipinski definition) is 1. The molecule has 2 aliphatic carbocycles. The molecule has 2 aromatic rings. The van der Waals surface area contributed by atoms with Crippen molar-refractivity contribution in [2.45, 2.75) is 31.4 Å². The van der Waals surface area contributed by atoms with Crippen LogP contribution in [0.15, 0.2) is 48.5 Å². The number of carbonyl (C=O) groups is 2. The molecule has 2 aromatic carbocycles. The Balaban J connectivity index is 1.66. The van der Waals surface area contributed by atoms with Crippen molar-refractivity contribution in [3.8, 4) is 11.1 Å². The van der Waals surface area contributed by atoms with Crippen molar-refractivity contribution in [3.05, 3.63) is 59.7 Å². The average Bonchev–Trinajstić information content (AvgIpc) is 2.96. The van der Waals surface area contributed by atoms with Crippen LogP contribution in [0.25, 0.3) is 11.1 Å². The maximum Gasteiger partial charge on any atom is 0.246 e. The molecule has 2 unspecified atom stereocenters. The van der Waals surface area contributed by atoms with Crippen LogP contribution < -0.4 is 4.72 Å². The van der Waals surface area contributed by atoms with Gasteiger partial charge in [-0.25, -0.2) is 8.42 Å². The molecule has 1 saturated carbocycles. The zero-order valence-electron chi connectivity index (χ0n) is 15.0. The van der Waals surface area contributed by atoms with E-state index in [4.69, 9.17) is 0 Å². The maximum absolute atomic E-state index is 13.2. The van der Waals surface area contributed by atoms with Crippen molar-refractivity contribution in [2.75, 3.05) is 0 Å². The fourth-order valence-corrected chi connectivity index (χ4v) is 5.94. The van der Waals surface area contributed by atoms with Crippen molar-refractivity contribution in [2.24, 2.45) is 11.8 Å². The predicted octanol–water partition coefficient (Wildman–Crippen LogP) is 3.21. The van der Waals surface area contributed by atoms with Crippen LogP contribution in [0.1, 0.15) is 42.6 Å². The Bertz CT molecular complexity index is 982. The van der Waals surface area contributed by atoms with Crippen molar-refractivity contribution >= 4 is 21.7 Å². The molecule has 0 bridgehead atoms. The lowest BCUT2D eigenvalue weighted by Gasteiger charge is -2.27. The summed E-state index contributed by atoms with van der Waals surface area (Å²) in [6, 6.07) is 14.8. The molecule has 0 heterocycles. The van der Waals surface area contributed by atoms with E-state index in [1.807, 2.05) is 43.3 Å². The van der Waals surface area contributed by atoms with Gasteiger partial charge in [-0.1, -0.05) is 55.5 Å². The molecule has 1 N–H and O–H groups in total. The van der Waals surface area contributed by atoms with Gasteiger partial charge in [0.15, 0.2) is 0 Å². The number of fused-ring (bicyclic) bond motifs is 3. The van der Waals surface area contributed by atoms with E-state index in [0.29, 0.717) is 30.4 Å². The van der Waals surface area contributed by atoms with Gasteiger partial charge in [-0.2, -0.15) is 0 Å². The van der Waals surface area contributed by atoms with Crippen LogP contribution >= 0.6 is 0 Å². The Kier molecular flexibility index (Phi) is 4.38. The van der Waals surface area contributed by atoms with Gasteiger partial charge >= 0.3 is 0 Å². The third-order valence-corrected chi connectivity index (χ3v) is 7.25. The molecule has 2 atom stereocenters. The number of amides is 1. The monoisotopic (exact) mass is 383 g/mol. The lowest BCUT2D eigenvalue weighted by atomic mass is 9.79. The van der Waals surface area contributed by atoms with E-state index in [0.717, 1.165) is 11.1 Å². The molecule has 2 aliphatic rings. The van der Waals surface area contributed by atoms with Gasteiger partial charge in [0.1, 0.15) is 11.0 Å². The van der Waals surface area contributed by atoms with E-state index in [9.17, 15) is 18.0 Å². The van der Waals surface area contributed by atoms with Crippen LogP contribution in [0, 0.1) is 11.8 Å². The molecular formula is C21H21NO4S. The molecule has 0 saturated heterocycles. The normalized spacial score (nSPS) is 22.2. The van der Waals surface area contributed by atoms with Crippen LogP contribution in [-0.4, -0.2) is 20.1 Å². The third-order valence-electron chi connectivity index (χ3n) is 5.64. The Labute approximate surface area is 158 Å². The highest BCUT2D eigenvalue weighted by Crippen LogP contribution is 2.46. The SMILES string of the molecule is CC1CC(=O)CCC1C(=O)NS(=O)(=O)C1c2ccccc2-c2ccccc21. The van der Waals surface area contributed by atoms with Gasteiger partial charge in [-0.15, -0.1) is 0 Å². The summed E-state index contributed by atoms with van der Waals surface area (Å²) in [6.45, 7) is 1.83. The second kappa shape index (κ2) is 6.60. The van der Waals surface area contributed by atoms with Gasteiger partial charge in [-0.3, -0.25) is 14.3 Å². The van der Waals surface area contributed by atoms with Crippen LogP contribution in [-0.2, 0) is 19.6 Å². The standard InChI is InChI=1S/C21H21NO4S/c1-13-12-14(23)10-11-15(13)21(24)22-27(25,26)20-18-8-4-2-6-16(18)17-7-3-5-9-19(17)20/h2-9,13,15,20H,10-12H2,1H3,(H,22,24). The lowest BCUT2D eigenvalue weighted by molar-refractivity contribution is -0.129. The highest BCUT2D eigenvalue weighted by molar-refractivity contribution is 7.90. The van der Waals surface area contributed by atoms with E-state index >= 15 is 0 Å². The molecular weight excluding hydrogens is 362 g/mol. The smallest absolute Gasteiger partial charge is 0.246 e.